The van der Waals surface area contributed by atoms with Crippen molar-refractivity contribution in [3.05, 3.63) is 77.5 Å². The summed E-state index contributed by atoms with van der Waals surface area (Å²) in [4.78, 5) is 17.8. The molecule has 154 valence electrons. The van der Waals surface area contributed by atoms with Crippen molar-refractivity contribution in [2.45, 2.75) is 25.3 Å². The van der Waals surface area contributed by atoms with Crippen LogP contribution in [0, 0.1) is 6.92 Å². The number of pyridine rings is 1. The van der Waals surface area contributed by atoms with E-state index >= 15 is 0 Å². The Hall–Kier alpha value is -3.18. The van der Waals surface area contributed by atoms with Gasteiger partial charge in [-0.2, -0.15) is 0 Å². The zero-order valence-electron chi connectivity index (χ0n) is 17.5. The van der Waals surface area contributed by atoms with E-state index in [0.717, 1.165) is 47.0 Å². The third-order valence-electron chi connectivity index (χ3n) is 5.67. The maximum atomic E-state index is 13.3. The molecule has 30 heavy (non-hydrogen) atoms. The minimum absolute atomic E-state index is 0.0786. The van der Waals surface area contributed by atoms with E-state index in [0.29, 0.717) is 17.9 Å². The molecule has 5 nitrogen and oxygen atoms in total. The van der Waals surface area contributed by atoms with Gasteiger partial charge in [-0.1, -0.05) is 24.8 Å². The molecule has 0 radical (unpaired) electrons. The lowest BCUT2D eigenvalue weighted by Gasteiger charge is -2.21. The number of fused-ring (bicyclic) bond motifs is 1. The molecule has 1 aromatic heterocycles. The standard InChI is InChI=1S/C25H27N3O2/c1-4-18-14-22(20-6-5-11-27-23(20)15-18)25(9-10-25)28-24(29)21-16-19(8-7-17(21)2)30-13-12-26-3/h4-8,11,14-16,26H,1,9-10,12-13H2,2-3H3,(H,28,29). The SMILES string of the molecule is C=Cc1cc(C2(NC(=O)c3cc(OCCNC)ccc3C)CC2)c2cccnc2c1. The summed E-state index contributed by atoms with van der Waals surface area (Å²) in [6, 6.07) is 13.8. The Bertz CT molecular complexity index is 1100. The van der Waals surface area contributed by atoms with E-state index in [-0.39, 0.29) is 11.4 Å². The van der Waals surface area contributed by atoms with Crippen molar-refractivity contribution in [2.24, 2.45) is 0 Å². The molecule has 2 aromatic carbocycles. The molecule has 0 unspecified atom stereocenters. The van der Waals surface area contributed by atoms with Gasteiger partial charge in [0.2, 0.25) is 0 Å². The average molecular weight is 402 g/mol. The summed E-state index contributed by atoms with van der Waals surface area (Å²) in [5.74, 6) is 0.624. The first-order valence-electron chi connectivity index (χ1n) is 10.3. The molecule has 1 amide bonds. The van der Waals surface area contributed by atoms with Crippen LogP contribution in [0.2, 0.25) is 0 Å². The van der Waals surface area contributed by atoms with E-state index in [4.69, 9.17) is 4.74 Å². The number of benzene rings is 2. The summed E-state index contributed by atoms with van der Waals surface area (Å²) >= 11 is 0. The van der Waals surface area contributed by atoms with Crippen molar-refractivity contribution in [1.29, 1.82) is 0 Å². The molecule has 1 fully saturated rings. The van der Waals surface area contributed by atoms with E-state index in [2.05, 4.69) is 34.3 Å². The summed E-state index contributed by atoms with van der Waals surface area (Å²) in [5.41, 5.74) is 4.23. The molecular weight excluding hydrogens is 374 g/mol. The van der Waals surface area contributed by atoms with Crippen LogP contribution >= 0.6 is 0 Å². The number of ether oxygens (including phenoxy) is 1. The number of likely N-dealkylation sites (N-methyl/N-ethyl adjacent to an activating group) is 1. The second-order valence-corrected chi connectivity index (χ2v) is 7.81. The minimum atomic E-state index is -0.368. The molecule has 1 aliphatic rings. The largest absolute Gasteiger partial charge is 0.492 e. The number of carbonyl (C=O) groups excluding carboxylic acids is 1. The van der Waals surface area contributed by atoms with Gasteiger partial charge in [0, 0.05) is 23.7 Å². The summed E-state index contributed by atoms with van der Waals surface area (Å²) < 4.78 is 5.75. The summed E-state index contributed by atoms with van der Waals surface area (Å²) in [6.07, 6.45) is 5.42. The highest BCUT2D eigenvalue weighted by Gasteiger charge is 2.47. The molecule has 5 heteroatoms. The highest BCUT2D eigenvalue weighted by molar-refractivity contribution is 5.97. The zero-order chi connectivity index (χ0) is 21.1. The average Bonchev–Trinajstić information content (AvgIpc) is 3.54. The van der Waals surface area contributed by atoms with Crippen LogP contribution in [0.25, 0.3) is 17.0 Å². The summed E-state index contributed by atoms with van der Waals surface area (Å²) in [6.45, 7) is 7.16. The van der Waals surface area contributed by atoms with Gasteiger partial charge in [-0.3, -0.25) is 9.78 Å². The number of hydrogen-bond donors (Lipinski definition) is 2. The summed E-state index contributed by atoms with van der Waals surface area (Å²) in [7, 11) is 1.88. The fourth-order valence-corrected chi connectivity index (χ4v) is 3.80. The molecule has 0 atom stereocenters. The lowest BCUT2D eigenvalue weighted by atomic mass is 9.95. The Morgan fingerprint density at radius 1 is 1.27 bits per heavy atom. The number of hydrogen-bond acceptors (Lipinski definition) is 4. The molecule has 0 spiro atoms. The van der Waals surface area contributed by atoms with Crippen molar-refractivity contribution in [1.82, 2.24) is 15.6 Å². The van der Waals surface area contributed by atoms with Gasteiger partial charge < -0.3 is 15.4 Å². The van der Waals surface area contributed by atoms with Gasteiger partial charge in [0.15, 0.2) is 0 Å². The van der Waals surface area contributed by atoms with E-state index < -0.39 is 0 Å². The first-order valence-corrected chi connectivity index (χ1v) is 10.3. The molecular formula is C25H27N3O2. The van der Waals surface area contributed by atoms with E-state index in [1.165, 1.54) is 0 Å². The molecule has 1 saturated carbocycles. The van der Waals surface area contributed by atoms with Gasteiger partial charge >= 0.3 is 0 Å². The second-order valence-electron chi connectivity index (χ2n) is 7.81. The highest BCUT2D eigenvalue weighted by atomic mass is 16.5. The van der Waals surface area contributed by atoms with Crippen molar-refractivity contribution in [3.63, 3.8) is 0 Å². The summed E-state index contributed by atoms with van der Waals surface area (Å²) in [5, 5.41) is 7.43. The Balaban J connectivity index is 1.64. The fourth-order valence-electron chi connectivity index (χ4n) is 3.80. The topological polar surface area (TPSA) is 63.2 Å². The van der Waals surface area contributed by atoms with Crippen molar-refractivity contribution >= 4 is 22.9 Å². The van der Waals surface area contributed by atoms with Gasteiger partial charge in [-0.05, 0) is 73.8 Å². The minimum Gasteiger partial charge on any atom is -0.492 e. The quantitative estimate of drug-likeness (QED) is 0.555. The molecule has 1 aliphatic carbocycles. The lowest BCUT2D eigenvalue weighted by molar-refractivity contribution is 0.0930. The number of aromatic nitrogens is 1. The van der Waals surface area contributed by atoms with Gasteiger partial charge in [-0.15, -0.1) is 0 Å². The Kier molecular flexibility index (Phi) is 5.55. The zero-order valence-corrected chi connectivity index (χ0v) is 17.5. The first-order chi connectivity index (χ1) is 14.6. The van der Waals surface area contributed by atoms with Gasteiger partial charge in [0.1, 0.15) is 12.4 Å². The first kappa shape index (κ1) is 20.1. The van der Waals surface area contributed by atoms with Gasteiger partial charge in [-0.25, -0.2) is 0 Å². The van der Waals surface area contributed by atoms with Crippen LogP contribution in [0.3, 0.4) is 0 Å². The molecule has 4 rings (SSSR count). The van der Waals surface area contributed by atoms with E-state index in [1.807, 2.05) is 50.4 Å². The van der Waals surface area contributed by atoms with Crippen molar-refractivity contribution in [3.8, 4) is 5.75 Å². The van der Waals surface area contributed by atoms with Crippen LogP contribution in [0.15, 0.2) is 55.2 Å². The molecule has 0 aliphatic heterocycles. The molecule has 0 bridgehead atoms. The second kappa shape index (κ2) is 8.28. The smallest absolute Gasteiger partial charge is 0.252 e. The molecule has 1 heterocycles. The van der Waals surface area contributed by atoms with Crippen molar-refractivity contribution < 1.29 is 9.53 Å². The predicted octanol–water partition coefficient (Wildman–Crippen LogP) is 4.20. The number of amides is 1. The number of aryl methyl sites for hydroxylation is 1. The van der Waals surface area contributed by atoms with E-state index in [9.17, 15) is 4.79 Å². The number of nitrogens with one attached hydrogen (secondary N) is 2. The number of rotatable bonds is 8. The van der Waals surface area contributed by atoms with Crippen LogP contribution in [0.5, 0.6) is 5.75 Å². The number of carbonyl (C=O) groups is 1. The van der Waals surface area contributed by atoms with E-state index in [1.54, 1.807) is 6.20 Å². The van der Waals surface area contributed by atoms with Crippen LogP contribution in [-0.2, 0) is 5.54 Å². The normalized spacial score (nSPS) is 14.3. The molecule has 2 N–H and O–H groups in total. The maximum absolute atomic E-state index is 13.3. The lowest BCUT2D eigenvalue weighted by Crippen LogP contribution is -2.35. The number of nitrogens with zero attached hydrogens (tertiary/aromatic N) is 1. The Morgan fingerprint density at radius 2 is 2.10 bits per heavy atom. The van der Waals surface area contributed by atoms with Crippen molar-refractivity contribution in [2.75, 3.05) is 20.2 Å². The third kappa shape index (κ3) is 3.94. The Labute approximate surface area is 177 Å². The maximum Gasteiger partial charge on any atom is 0.252 e. The van der Waals surface area contributed by atoms with Crippen LogP contribution < -0.4 is 15.4 Å². The predicted molar refractivity (Wildman–Crippen MR) is 121 cm³/mol. The van der Waals surface area contributed by atoms with Crippen LogP contribution in [-0.4, -0.2) is 31.1 Å². The monoisotopic (exact) mass is 401 g/mol. The fraction of sp³-hybridized carbons (Fsp3) is 0.280. The van der Waals surface area contributed by atoms with Crippen LogP contribution in [0.1, 0.15) is 39.9 Å². The van der Waals surface area contributed by atoms with Gasteiger partial charge in [0.25, 0.3) is 5.91 Å². The van der Waals surface area contributed by atoms with Gasteiger partial charge in [0.05, 0.1) is 11.1 Å². The third-order valence-corrected chi connectivity index (χ3v) is 5.67. The van der Waals surface area contributed by atoms with Crippen LogP contribution in [0.4, 0.5) is 0 Å². The Morgan fingerprint density at radius 3 is 2.83 bits per heavy atom. The molecule has 0 saturated heterocycles. The molecule has 3 aromatic rings. The highest BCUT2D eigenvalue weighted by Crippen LogP contribution is 2.48.